The first kappa shape index (κ1) is 21.5. The van der Waals surface area contributed by atoms with Crippen molar-refractivity contribution in [1.29, 1.82) is 0 Å². The Labute approximate surface area is 183 Å². The van der Waals surface area contributed by atoms with Crippen LogP contribution >= 0.6 is 0 Å². The number of aliphatic hydroxyl groups excluding tert-OH is 2. The van der Waals surface area contributed by atoms with Crippen molar-refractivity contribution in [2.45, 2.75) is 43.9 Å². The molecule has 0 aliphatic carbocycles. The monoisotopic (exact) mass is 419 g/mol. The van der Waals surface area contributed by atoms with E-state index in [0.29, 0.717) is 12.1 Å². The molecule has 0 radical (unpaired) electrons. The molecule has 2 saturated heterocycles. The molecule has 2 fully saturated rings. The van der Waals surface area contributed by atoms with Gasteiger partial charge in [0.2, 0.25) is 0 Å². The molecule has 1 amide bonds. The molecule has 0 bridgehead atoms. The first-order valence-electron chi connectivity index (χ1n) is 10.9. The molecule has 2 aromatic rings. The van der Waals surface area contributed by atoms with Crippen molar-refractivity contribution in [2.75, 3.05) is 26.2 Å². The van der Waals surface area contributed by atoms with E-state index in [4.69, 9.17) is 0 Å². The number of aromatic nitrogens is 1. The number of pyridine rings is 1. The third kappa shape index (κ3) is 4.64. The van der Waals surface area contributed by atoms with Crippen LogP contribution in [0.15, 0.2) is 48.8 Å². The molecular formula is C25H29N3O3. The highest BCUT2D eigenvalue weighted by Crippen LogP contribution is 2.42. The van der Waals surface area contributed by atoms with Crippen LogP contribution in [0, 0.1) is 11.8 Å². The van der Waals surface area contributed by atoms with E-state index in [1.165, 1.54) is 0 Å². The van der Waals surface area contributed by atoms with E-state index < -0.39 is 6.10 Å². The fraction of sp³-hybridized carbons (Fsp3) is 0.440. The van der Waals surface area contributed by atoms with E-state index in [-0.39, 0.29) is 30.5 Å². The number of nitrogens with zero attached hydrogens (tertiary/aromatic N) is 3. The number of rotatable bonds is 3. The lowest BCUT2D eigenvalue weighted by atomic mass is 9.74. The summed E-state index contributed by atoms with van der Waals surface area (Å²) in [5, 5.41) is 19.5. The first-order valence-corrected chi connectivity index (χ1v) is 10.9. The molecule has 2 N–H and O–H groups in total. The Hall–Kier alpha value is -2.72. The fourth-order valence-electron chi connectivity index (χ4n) is 4.78. The fourth-order valence-corrected chi connectivity index (χ4v) is 4.78. The Morgan fingerprint density at radius 3 is 2.55 bits per heavy atom. The van der Waals surface area contributed by atoms with E-state index >= 15 is 0 Å². The minimum absolute atomic E-state index is 0.0409. The minimum atomic E-state index is -0.655. The molecule has 6 nitrogen and oxygen atoms in total. The summed E-state index contributed by atoms with van der Waals surface area (Å²) in [6, 6.07) is 11.8. The van der Waals surface area contributed by atoms with Gasteiger partial charge in [-0.25, -0.2) is 0 Å². The number of carbonyl (C=O) groups is 1. The lowest BCUT2D eigenvalue weighted by molar-refractivity contribution is -0.0606. The van der Waals surface area contributed by atoms with Gasteiger partial charge in [0.1, 0.15) is 6.10 Å². The molecule has 6 heteroatoms. The summed E-state index contributed by atoms with van der Waals surface area (Å²) in [6.45, 7) is 4.08. The van der Waals surface area contributed by atoms with Gasteiger partial charge in [-0.15, -0.1) is 0 Å². The van der Waals surface area contributed by atoms with Gasteiger partial charge >= 0.3 is 0 Å². The van der Waals surface area contributed by atoms with Crippen LogP contribution in [0.5, 0.6) is 0 Å². The van der Waals surface area contributed by atoms with E-state index in [9.17, 15) is 15.0 Å². The average Bonchev–Trinajstić information content (AvgIpc) is 2.77. The van der Waals surface area contributed by atoms with Crippen LogP contribution in [-0.2, 0) is 0 Å². The van der Waals surface area contributed by atoms with Gasteiger partial charge in [0.25, 0.3) is 5.91 Å². The molecule has 0 unspecified atom stereocenters. The highest BCUT2D eigenvalue weighted by atomic mass is 16.3. The maximum Gasteiger partial charge on any atom is 0.254 e. The zero-order chi connectivity index (χ0) is 21.8. The molecule has 0 saturated carbocycles. The van der Waals surface area contributed by atoms with Crippen LogP contribution in [0.2, 0.25) is 0 Å². The lowest BCUT2D eigenvalue weighted by Gasteiger charge is -2.57. The topological polar surface area (TPSA) is 76.9 Å². The summed E-state index contributed by atoms with van der Waals surface area (Å²) in [5.41, 5.74) is 2.67. The lowest BCUT2D eigenvalue weighted by Crippen LogP contribution is -2.67. The summed E-state index contributed by atoms with van der Waals surface area (Å²) in [7, 11) is 0. The van der Waals surface area contributed by atoms with Crippen LogP contribution in [0.4, 0.5) is 0 Å². The van der Waals surface area contributed by atoms with Crippen LogP contribution < -0.4 is 0 Å². The predicted molar refractivity (Wildman–Crippen MR) is 118 cm³/mol. The molecule has 162 valence electrons. The molecule has 2 aliphatic heterocycles. The maximum absolute atomic E-state index is 13.1. The number of hydrogen-bond acceptors (Lipinski definition) is 5. The molecule has 2 aliphatic rings. The number of carbonyl (C=O) groups excluding carboxylic acids is 1. The van der Waals surface area contributed by atoms with E-state index in [0.717, 1.165) is 37.1 Å². The van der Waals surface area contributed by atoms with Gasteiger partial charge in [0.05, 0.1) is 6.61 Å². The van der Waals surface area contributed by atoms with Gasteiger partial charge in [-0.3, -0.25) is 14.7 Å². The Morgan fingerprint density at radius 2 is 1.87 bits per heavy atom. The summed E-state index contributed by atoms with van der Waals surface area (Å²) in [5.74, 6) is 5.93. The highest BCUT2D eigenvalue weighted by molar-refractivity contribution is 5.94. The zero-order valence-electron chi connectivity index (χ0n) is 17.8. The van der Waals surface area contributed by atoms with Crippen LogP contribution in [-0.4, -0.2) is 75.3 Å². The Kier molecular flexibility index (Phi) is 6.67. The largest absolute Gasteiger partial charge is 0.395 e. The van der Waals surface area contributed by atoms with E-state index in [1.807, 2.05) is 17.0 Å². The predicted octanol–water partition coefficient (Wildman–Crippen LogP) is 1.88. The molecule has 31 heavy (non-hydrogen) atoms. The molecule has 3 heterocycles. The second kappa shape index (κ2) is 9.61. The Balaban J connectivity index is 1.56. The Bertz CT molecular complexity index is 949. The van der Waals surface area contributed by atoms with Gasteiger partial charge in [-0.1, -0.05) is 24.0 Å². The molecule has 4 atom stereocenters. The van der Waals surface area contributed by atoms with E-state index in [2.05, 4.69) is 33.9 Å². The molecule has 0 spiro atoms. The third-order valence-electron chi connectivity index (χ3n) is 6.31. The molecule has 1 aromatic carbocycles. The normalized spacial score (nSPS) is 24.6. The van der Waals surface area contributed by atoms with Gasteiger partial charge < -0.3 is 15.1 Å². The third-order valence-corrected chi connectivity index (χ3v) is 6.31. The van der Waals surface area contributed by atoms with Crippen molar-refractivity contribution in [1.82, 2.24) is 14.8 Å². The number of benzene rings is 1. The van der Waals surface area contributed by atoms with E-state index in [1.54, 1.807) is 31.5 Å². The smallest absolute Gasteiger partial charge is 0.254 e. The molecule has 4 rings (SSSR count). The quantitative estimate of drug-likeness (QED) is 0.743. The summed E-state index contributed by atoms with van der Waals surface area (Å²) < 4.78 is 0. The number of aliphatic hydroxyl groups is 2. The minimum Gasteiger partial charge on any atom is -0.395 e. The highest BCUT2D eigenvalue weighted by Gasteiger charge is 2.49. The van der Waals surface area contributed by atoms with Crippen LogP contribution in [0.1, 0.15) is 47.2 Å². The standard InChI is InChI=1S/C25H29N3O3/c1-18(30)4-5-19-6-8-20(9-7-19)24-22-16-27(25(31)21-10-12-26-13-11-21)14-2-3-15-28(22)23(24)17-29/h6-13,18,22-24,29-30H,2-3,14-17H2,1H3/t18-,22+,23+,24+/m1/s1. The van der Waals surface area contributed by atoms with Crippen molar-refractivity contribution >= 4 is 5.91 Å². The zero-order valence-corrected chi connectivity index (χ0v) is 17.8. The van der Waals surface area contributed by atoms with Crippen molar-refractivity contribution < 1.29 is 15.0 Å². The average molecular weight is 420 g/mol. The second-order valence-corrected chi connectivity index (χ2v) is 8.34. The second-order valence-electron chi connectivity index (χ2n) is 8.34. The van der Waals surface area contributed by atoms with Crippen molar-refractivity contribution in [3.63, 3.8) is 0 Å². The Morgan fingerprint density at radius 1 is 1.16 bits per heavy atom. The van der Waals surface area contributed by atoms with Gasteiger partial charge in [-0.05, 0) is 56.1 Å². The van der Waals surface area contributed by atoms with Gasteiger partial charge in [0.15, 0.2) is 0 Å². The maximum atomic E-state index is 13.1. The number of fused-ring (bicyclic) bond motifs is 1. The van der Waals surface area contributed by atoms with Gasteiger partial charge in [-0.2, -0.15) is 0 Å². The number of hydrogen-bond donors (Lipinski definition) is 2. The summed E-state index contributed by atoms with van der Waals surface area (Å²) in [4.78, 5) is 21.4. The number of amides is 1. The van der Waals surface area contributed by atoms with Gasteiger partial charge in [0, 0.05) is 54.6 Å². The van der Waals surface area contributed by atoms with Crippen LogP contribution in [0.25, 0.3) is 0 Å². The summed E-state index contributed by atoms with van der Waals surface area (Å²) >= 11 is 0. The van der Waals surface area contributed by atoms with Crippen molar-refractivity contribution in [3.05, 3.63) is 65.5 Å². The molecular weight excluding hydrogens is 390 g/mol. The van der Waals surface area contributed by atoms with Crippen molar-refractivity contribution in [3.8, 4) is 11.8 Å². The van der Waals surface area contributed by atoms with Crippen molar-refractivity contribution in [2.24, 2.45) is 0 Å². The molecule has 1 aromatic heterocycles. The first-order chi connectivity index (χ1) is 15.1. The van der Waals surface area contributed by atoms with Crippen LogP contribution in [0.3, 0.4) is 0 Å². The SMILES string of the molecule is C[C@@H](O)C#Cc1ccc([C@@H]2[C@H](CO)N3CCCCN(C(=O)c4ccncc4)C[C@@H]23)cc1. The summed E-state index contributed by atoms with van der Waals surface area (Å²) in [6.07, 6.45) is 4.61.